The molecule has 1 aliphatic rings. The normalized spacial score (nSPS) is 13.2. The van der Waals surface area contributed by atoms with Gasteiger partial charge >= 0.3 is 0 Å². The van der Waals surface area contributed by atoms with Crippen LogP contribution in [-0.2, 0) is 18.7 Å². The average Bonchev–Trinajstić information content (AvgIpc) is 3.12. The third-order valence-corrected chi connectivity index (χ3v) is 6.31. The standard InChI is InChI=1S/C31H27NO/c33-31(29-19-9-7-17-27(29)28-18-8-10-20-30(28)31)21-11-12-22-32(23-25-13-3-1-4-14-25)24-26-15-5-2-6-16-26/h1-10,13-20,33H,21-24H2. The number of nitrogens with zero attached hydrogens (tertiary/aromatic N) is 1. The van der Waals surface area contributed by atoms with Crippen LogP contribution in [-0.4, -0.2) is 16.6 Å². The van der Waals surface area contributed by atoms with Crippen LogP contribution in [0.3, 0.4) is 0 Å². The largest absolute Gasteiger partial charge is 0.379 e. The van der Waals surface area contributed by atoms with Crippen molar-refractivity contribution < 1.29 is 5.11 Å². The summed E-state index contributed by atoms with van der Waals surface area (Å²) < 4.78 is 0. The monoisotopic (exact) mass is 429 g/mol. The van der Waals surface area contributed by atoms with Crippen molar-refractivity contribution in [3.8, 4) is 23.0 Å². The molecular weight excluding hydrogens is 402 g/mol. The molecule has 33 heavy (non-hydrogen) atoms. The van der Waals surface area contributed by atoms with Crippen molar-refractivity contribution in [2.45, 2.75) is 25.1 Å². The van der Waals surface area contributed by atoms with Gasteiger partial charge in [0, 0.05) is 19.5 Å². The molecule has 4 aromatic carbocycles. The molecule has 0 bridgehead atoms. The van der Waals surface area contributed by atoms with E-state index in [1.807, 2.05) is 48.5 Å². The number of hydrogen-bond donors (Lipinski definition) is 1. The Kier molecular flexibility index (Phi) is 6.09. The third kappa shape index (κ3) is 4.47. The van der Waals surface area contributed by atoms with E-state index in [0.717, 1.165) is 35.3 Å². The van der Waals surface area contributed by atoms with Crippen molar-refractivity contribution in [2.75, 3.05) is 6.54 Å². The number of rotatable bonds is 6. The minimum absolute atomic E-state index is 0.380. The molecule has 0 aliphatic heterocycles. The van der Waals surface area contributed by atoms with Gasteiger partial charge in [-0.15, -0.1) is 0 Å². The van der Waals surface area contributed by atoms with Crippen molar-refractivity contribution >= 4 is 0 Å². The van der Waals surface area contributed by atoms with Crippen LogP contribution < -0.4 is 0 Å². The fraction of sp³-hybridized carbons (Fsp3) is 0.161. The van der Waals surface area contributed by atoms with E-state index in [1.54, 1.807) is 0 Å². The number of fused-ring (bicyclic) bond motifs is 3. The molecule has 0 fully saturated rings. The molecule has 0 atom stereocenters. The van der Waals surface area contributed by atoms with Crippen LogP contribution in [0.15, 0.2) is 109 Å². The van der Waals surface area contributed by atoms with Gasteiger partial charge in [-0.3, -0.25) is 4.90 Å². The zero-order valence-electron chi connectivity index (χ0n) is 18.6. The fourth-order valence-electron chi connectivity index (χ4n) is 4.70. The first-order chi connectivity index (χ1) is 16.2. The molecule has 0 amide bonds. The Balaban J connectivity index is 1.35. The van der Waals surface area contributed by atoms with Crippen molar-refractivity contribution in [1.82, 2.24) is 4.90 Å². The van der Waals surface area contributed by atoms with Gasteiger partial charge in [-0.2, -0.15) is 0 Å². The highest BCUT2D eigenvalue weighted by atomic mass is 16.3. The fourth-order valence-corrected chi connectivity index (χ4v) is 4.70. The summed E-state index contributed by atoms with van der Waals surface area (Å²) in [4.78, 5) is 2.35. The van der Waals surface area contributed by atoms with Gasteiger partial charge in [0.15, 0.2) is 0 Å². The topological polar surface area (TPSA) is 23.5 Å². The summed E-state index contributed by atoms with van der Waals surface area (Å²) in [6.07, 6.45) is 0.380. The maximum absolute atomic E-state index is 11.7. The Morgan fingerprint density at radius 3 is 1.55 bits per heavy atom. The van der Waals surface area contributed by atoms with E-state index in [1.165, 1.54) is 11.1 Å². The van der Waals surface area contributed by atoms with Gasteiger partial charge in [-0.05, 0) is 33.4 Å². The number of benzene rings is 4. The van der Waals surface area contributed by atoms with Crippen molar-refractivity contribution in [1.29, 1.82) is 0 Å². The molecule has 0 heterocycles. The van der Waals surface area contributed by atoms with Crippen molar-refractivity contribution in [3.05, 3.63) is 131 Å². The summed E-state index contributed by atoms with van der Waals surface area (Å²) in [5.74, 6) is 6.67. The highest BCUT2D eigenvalue weighted by Gasteiger charge is 2.40. The van der Waals surface area contributed by atoms with Crippen molar-refractivity contribution in [3.63, 3.8) is 0 Å². The molecule has 2 nitrogen and oxygen atoms in total. The highest BCUT2D eigenvalue weighted by molar-refractivity contribution is 5.80. The van der Waals surface area contributed by atoms with Crippen LogP contribution in [0.1, 0.15) is 28.7 Å². The quantitative estimate of drug-likeness (QED) is 0.380. The van der Waals surface area contributed by atoms with Gasteiger partial charge in [-0.1, -0.05) is 121 Å². The van der Waals surface area contributed by atoms with Crippen LogP contribution in [0.4, 0.5) is 0 Å². The number of aliphatic hydroxyl groups is 1. The van der Waals surface area contributed by atoms with Gasteiger partial charge in [0.1, 0.15) is 5.60 Å². The zero-order valence-corrected chi connectivity index (χ0v) is 18.6. The van der Waals surface area contributed by atoms with Crippen LogP contribution in [0, 0.1) is 11.8 Å². The summed E-state index contributed by atoms with van der Waals surface area (Å²) >= 11 is 0. The average molecular weight is 430 g/mol. The van der Waals surface area contributed by atoms with Crippen LogP contribution in [0.25, 0.3) is 11.1 Å². The lowest BCUT2D eigenvalue weighted by Gasteiger charge is -2.23. The molecule has 0 unspecified atom stereocenters. The Bertz CT molecular complexity index is 1200. The van der Waals surface area contributed by atoms with E-state index in [4.69, 9.17) is 0 Å². The molecule has 4 aromatic rings. The predicted octanol–water partition coefficient (Wildman–Crippen LogP) is 6.00. The lowest BCUT2D eigenvalue weighted by molar-refractivity contribution is 0.0914. The van der Waals surface area contributed by atoms with Gasteiger partial charge in [0.25, 0.3) is 0 Å². The van der Waals surface area contributed by atoms with E-state index in [2.05, 4.69) is 77.4 Å². The predicted molar refractivity (Wildman–Crippen MR) is 134 cm³/mol. The van der Waals surface area contributed by atoms with Crippen LogP contribution >= 0.6 is 0 Å². The first-order valence-electron chi connectivity index (χ1n) is 11.4. The molecule has 1 aliphatic carbocycles. The Morgan fingerprint density at radius 2 is 1.03 bits per heavy atom. The third-order valence-electron chi connectivity index (χ3n) is 6.31. The second kappa shape index (κ2) is 9.46. The molecule has 0 saturated heterocycles. The van der Waals surface area contributed by atoms with Crippen LogP contribution in [0.2, 0.25) is 0 Å². The van der Waals surface area contributed by atoms with E-state index < -0.39 is 5.60 Å². The molecule has 1 N–H and O–H groups in total. The van der Waals surface area contributed by atoms with E-state index in [0.29, 0.717) is 13.0 Å². The Morgan fingerprint density at radius 1 is 0.576 bits per heavy atom. The minimum Gasteiger partial charge on any atom is -0.379 e. The molecule has 0 saturated carbocycles. The van der Waals surface area contributed by atoms with Gasteiger partial charge < -0.3 is 5.11 Å². The molecule has 162 valence electrons. The molecule has 0 radical (unpaired) electrons. The summed E-state index contributed by atoms with van der Waals surface area (Å²) in [5, 5.41) is 11.7. The van der Waals surface area contributed by atoms with Crippen LogP contribution in [0.5, 0.6) is 0 Å². The summed E-state index contributed by atoms with van der Waals surface area (Å²) in [5.41, 5.74) is 5.58. The summed E-state index contributed by atoms with van der Waals surface area (Å²) in [7, 11) is 0. The molecular formula is C31H27NO. The van der Waals surface area contributed by atoms with Gasteiger partial charge in [-0.25, -0.2) is 0 Å². The van der Waals surface area contributed by atoms with E-state index >= 15 is 0 Å². The molecule has 0 spiro atoms. The first kappa shape index (κ1) is 21.2. The first-order valence-corrected chi connectivity index (χ1v) is 11.4. The lowest BCUT2D eigenvalue weighted by atomic mass is 9.88. The minimum atomic E-state index is -1.07. The zero-order chi connectivity index (χ0) is 22.5. The van der Waals surface area contributed by atoms with Crippen molar-refractivity contribution in [2.24, 2.45) is 0 Å². The second-order valence-electron chi connectivity index (χ2n) is 8.60. The summed E-state index contributed by atoms with van der Waals surface area (Å²) in [6.45, 7) is 2.31. The highest BCUT2D eigenvalue weighted by Crippen LogP contribution is 2.48. The SMILES string of the molecule is OC1(CC#CCN(Cc2ccccc2)Cc2ccccc2)c2ccccc2-c2ccccc21. The summed E-state index contributed by atoms with van der Waals surface area (Å²) in [6, 6.07) is 37.3. The molecule has 5 rings (SSSR count). The molecule has 0 aromatic heterocycles. The van der Waals surface area contributed by atoms with E-state index in [9.17, 15) is 5.11 Å². The lowest BCUT2D eigenvalue weighted by Crippen LogP contribution is -2.25. The van der Waals surface area contributed by atoms with E-state index in [-0.39, 0.29) is 0 Å². The van der Waals surface area contributed by atoms with Gasteiger partial charge in [0.2, 0.25) is 0 Å². The maximum Gasteiger partial charge on any atom is 0.127 e. The van der Waals surface area contributed by atoms with Gasteiger partial charge in [0.05, 0.1) is 6.54 Å². The Hall–Kier alpha value is -3.64. The maximum atomic E-state index is 11.7. The second-order valence-corrected chi connectivity index (χ2v) is 8.60. The molecule has 2 heteroatoms. The smallest absolute Gasteiger partial charge is 0.127 e. The Labute approximate surface area is 196 Å². The number of hydrogen-bond acceptors (Lipinski definition) is 2.